The molecule has 0 unspecified atom stereocenters. The molecule has 0 fully saturated rings. The number of ether oxygens (including phenoxy) is 1. The van der Waals surface area contributed by atoms with Crippen LogP contribution in [0.2, 0.25) is 0 Å². The fourth-order valence-electron chi connectivity index (χ4n) is 3.16. The maximum Gasteiger partial charge on any atom is 0.306 e. The molecule has 0 bridgehead atoms. The Hall–Kier alpha value is -3.41. The number of hydrogen-bond donors (Lipinski definition) is 1. The van der Waals surface area contributed by atoms with Gasteiger partial charge in [0.05, 0.1) is 0 Å². The molecule has 1 atom stereocenters. The van der Waals surface area contributed by atoms with Gasteiger partial charge in [0.1, 0.15) is 0 Å². The number of carbonyl (C=O) groups is 1. The summed E-state index contributed by atoms with van der Waals surface area (Å²) < 4.78 is 11.1. The molecular formula is C22H21N3O3. The number of rotatable bonds is 7. The van der Waals surface area contributed by atoms with E-state index in [0.717, 1.165) is 17.5 Å². The molecule has 2 heterocycles. The third kappa shape index (κ3) is 3.96. The van der Waals surface area contributed by atoms with Crippen molar-refractivity contribution in [2.75, 3.05) is 0 Å². The summed E-state index contributed by atoms with van der Waals surface area (Å²) in [6.07, 6.45) is 3.29. The summed E-state index contributed by atoms with van der Waals surface area (Å²) >= 11 is 0. The van der Waals surface area contributed by atoms with E-state index < -0.39 is 6.10 Å². The number of aromatic amines is 1. The van der Waals surface area contributed by atoms with Crippen molar-refractivity contribution in [2.45, 2.75) is 32.3 Å². The van der Waals surface area contributed by atoms with Gasteiger partial charge in [-0.25, -0.2) is 0 Å². The Morgan fingerprint density at radius 1 is 1.11 bits per heavy atom. The van der Waals surface area contributed by atoms with Crippen LogP contribution >= 0.6 is 0 Å². The second kappa shape index (κ2) is 8.08. The van der Waals surface area contributed by atoms with E-state index in [1.54, 1.807) is 6.92 Å². The molecule has 0 spiro atoms. The van der Waals surface area contributed by atoms with Crippen LogP contribution in [-0.4, -0.2) is 21.2 Å². The molecule has 2 aromatic heterocycles. The van der Waals surface area contributed by atoms with Gasteiger partial charge in [-0.1, -0.05) is 36.4 Å². The average molecular weight is 375 g/mol. The van der Waals surface area contributed by atoms with Gasteiger partial charge in [0.25, 0.3) is 5.89 Å². The summed E-state index contributed by atoms with van der Waals surface area (Å²) in [4.78, 5) is 15.4. The number of H-pyrrole nitrogens is 1. The molecule has 4 aromatic rings. The zero-order chi connectivity index (χ0) is 19.3. The molecule has 1 N–H and O–H groups in total. The van der Waals surface area contributed by atoms with Gasteiger partial charge in [0.2, 0.25) is 5.89 Å². The Morgan fingerprint density at radius 2 is 1.89 bits per heavy atom. The van der Waals surface area contributed by atoms with Gasteiger partial charge in [0, 0.05) is 29.1 Å². The molecule has 0 radical (unpaired) electrons. The lowest BCUT2D eigenvalue weighted by Crippen LogP contribution is -2.09. The zero-order valence-corrected chi connectivity index (χ0v) is 15.6. The van der Waals surface area contributed by atoms with E-state index in [9.17, 15) is 4.79 Å². The number of benzene rings is 2. The molecule has 2 aromatic carbocycles. The monoisotopic (exact) mass is 375 g/mol. The molecule has 28 heavy (non-hydrogen) atoms. The fourth-order valence-corrected chi connectivity index (χ4v) is 3.16. The van der Waals surface area contributed by atoms with Crippen molar-refractivity contribution in [1.29, 1.82) is 0 Å². The van der Waals surface area contributed by atoms with Crippen LogP contribution in [0, 0.1) is 0 Å². The Labute approximate surface area is 162 Å². The van der Waals surface area contributed by atoms with Crippen molar-refractivity contribution in [2.24, 2.45) is 0 Å². The Kier molecular flexibility index (Phi) is 5.19. The van der Waals surface area contributed by atoms with Crippen LogP contribution in [0.1, 0.15) is 37.3 Å². The Morgan fingerprint density at radius 3 is 2.75 bits per heavy atom. The maximum atomic E-state index is 12.2. The average Bonchev–Trinajstić information content (AvgIpc) is 3.37. The van der Waals surface area contributed by atoms with Gasteiger partial charge in [-0.15, -0.1) is 10.2 Å². The van der Waals surface area contributed by atoms with Gasteiger partial charge in [0.15, 0.2) is 6.10 Å². The number of aryl methyl sites for hydroxylation is 1. The summed E-state index contributed by atoms with van der Waals surface area (Å²) in [6, 6.07) is 17.6. The predicted molar refractivity (Wildman–Crippen MR) is 105 cm³/mol. The normalized spacial score (nSPS) is 12.2. The van der Waals surface area contributed by atoms with E-state index in [4.69, 9.17) is 9.15 Å². The van der Waals surface area contributed by atoms with Crippen LogP contribution < -0.4 is 0 Å². The predicted octanol–water partition coefficient (Wildman–Crippen LogP) is 4.85. The molecule has 0 saturated carbocycles. The molecule has 142 valence electrons. The lowest BCUT2D eigenvalue weighted by molar-refractivity contribution is -0.149. The number of fused-ring (bicyclic) bond motifs is 1. The van der Waals surface area contributed by atoms with E-state index in [1.807, 2.05) is 54.7 Å². The quantitative estimate of drug-likeness (QED) is 0.467. The highest BCUT2D eigenvalue weighted by atomic mass is 16.6. The summed E-state index contributed by atoms with van der Waals surface area (Å²) in [5.74, 6) is 0.438. The lowest BCUT2D eigenvalue weighted by Gasteiger charge is -2.09. The second-order valence-corrected chi connectivity index (χ2v) is 6.66. The van der Waals surface area contributed by atoms with Gasteiger partial charge >= 0.3 is 5.97 Å². The van der Waals surface area contributed by atoms with E-state index >= 15 is 0 Å². The van der Waals surface area contributed by atoms with E-state index in [0.29, 0.717) is 24.6 Å². The molecule has 4 rings (SSSR count). The van der Waals surface area contributed by atoms with Crippen LogP contribution in [0.25, 0.3) is 22.4 Å². The first-order chi connectivity index (χ1) is 13.7. The van der Waals surface area contributed by atoms with Gasteiger partial charge < -0.3 is 14.1 Å². The minimum atomic E-state index is -0.578. The smallest absolute Gasteiger partial charge is 0.306 e. The standard InChI is InChI=1S/C22H21N3O3/c1-15(21-24-25-22(28-21)16-8-3-2-4-9-16)27-20(26)13-7-10-17-14-23-19-12-6-5-11-18(17)19/h2-6,8-9,11-12,14-15,23H,7,10,13H2,1H3/t15-/m1/s1. The summed E-state index contributed by atoms with van der Waals surface area (Å²) in [7, 11) is 0. The number of aromatic nitrogens is 3. The molecule has 6 nitrogen and oxygen atoms in total. The summed E-state index contributed by atoms with van der Waals surface area (Å²) in [5, 5.41) is 9.23. The fraction of sp³-hybridized carbons (Fsp3) is 0.227. The van der Waals surface area contributed by atoms with Crippen molar-refractivity contribution in [3.63, 3.8) is 0 Å². The lowest BCUT2D eigenvalue weighted by atomic mass is 10.1. The molecular weight excluding hydrogens is 354 g/mol. The highest BCUT2D eigenvalue weighted by Gasteiger charge is 2.19. The van der Waals surface area contributed by atoms with E-state index in [-0.39, 0.29) is 5.97 Å². The largest absolute Gasteiger partial charge is 0.453 e. The molecule has 0 aliphatic rings. The van der Waals surface area contributed by atoms with Crippen LogP contribution in [0.15, 0.2) is 65.2 Å². The first-order valence-electron chi connectivity index (χ1n) is 9.34. The summed E-state index contributed by atoms with van der Waals surface area (Å²) in [5.41, 5.74) is 3.15. The molecule has 0 aliphatic heterocycles. The van der Waals surface area contributed by atoms with Gasteiger partial charge in [-0.2, -0.15) is 0 Å². The molecule has 0 amide bonds. The second-order valence-electron chi connectivity index (χ2n) is 6.66. The van der Waals surface area contributed by atoms with Gasteiger partial charge in [-0.05, 0) is 43.5 Å². The molecule has 6 heteroatoms. The van der Waals surface area contributed by atoms with E-state index in [1.165, 1.54) is 10.9 Å². The Balaban J connectivity index is 1.29. The van der Waals surface area contributed by atoms with Crippen molar-refractivity contribution in [3.8, 4) is 11.5 Å². The molecule has 0 saturated heterocycles. The van der Waals surface area contributed by atoms with Gasteiger partial charge in [-0.3, -0.25) is 4.79 Å². The van der Waals surface area contributed by atoms with Crippen molar-refractivity contribution in [3.05, 3.63) is 72.2 Å². The minimum absolute atomic E-state index is 0.271. The number of hydrogen-bond acceptors (Lipinski definition) is 5. The van der Waals surface area contributed by atoms with Crippen LogP contribution in [-0.2, 0) is 16.0 Å². The van der Waals surface area contributed by atoms with Crippen molar-refractivity contribution < 1.29 is 13.9 Å². The zero-order valence-electron chi connectivity index (χ0n) is 15.6. The molecule has 0 aliphatic carbocycles. The number of carbonyl (C=O) groups excluding carboxylic acids is 1. The van der Waals surface area contributed by atoms with Crippen LogP contribution in [0.5, 0.6) is 0 Å². The van der Waals surface area contributed by atoms with Crippen LogP contribution in [0.4, 0.5) is 0 Å². The van der Waals surface area contributed by atoms with Crippen LogP contribution in [0.3, 0.4) is 0 Å². The van der Waals surface area contributed by atoms with Crippen molar-refractivity contribution >= 4 is 16.9 Å². The number of para-hydroxylation sites is 1. The van der Waals surface area contributed by atoms with E-state index in [2.05, 4.69) is 21.2 Å². The number of nitrogens with one attached hydrogen (secondary N) is 1. The first-order valence-corrected chi connectivity index (χ1v) is 9.34. The number of nitrogens with zero attached hydrogens (tertiary/aromatic N) is 2. The number of esters is 1. The Bertz CT molecular complexity index is 1070. The third-order valence-corrected chi connectivity index (χ3v) is 4.62. The highest BCUT2D eigenvalue weighted by Crippen LogP contribution is 2.23. The third-order valence-electron chi connectivity index (χ3n) is 4.62. The SMILES string of the molecule is C[C@@H](OC(=O)CCCc1c[nH]c2ccccc12)c1nnc(-c2ccccc2)o1. The van der Waals surface area contributed by atoms with Crippen molar-refractivity contribution in [1.82, 2.24) is 15.2 Å². The topological polar surface area (TPSA) is 81.0 Å². The highest BCUT2D eigenvalue weighted by molar-refractivity contribution is 5.83. The maximum absolute atomic E-state index is 12.2. The summed E-state index contributed by atoms with van der Waals surface area (Å²) in [6.45, 7) is 1.74. The first kappa shape index (κ1) is 18.0. The minimum Gasteiger partial charge on any atom is -0.453 e.